The first-order valence-corrected chi connectivity index (χ1v) is 11.4. The fraction of sp³-hybridized carbons (Fsp3) is 0.111. The zero-order valence-corrected chi connectivity index (χ0v) is 20.4. The molecule has 0 unspecified atom stereocenters. The summed E-state index contributed by atoms with van der Waals surface area (Å²) >= 11 is 9.70. The smallest absolute Gasteiger partial charge is 0.266 e. The summed E-state index contributed by atoms with van der Waals surface area (Å²) in [6.07, 6.45) is 3.90. The molecule has 0 aliphatic rings. The largest absolute Gasteiger partial charge is 0.487 e. The van der Waals surface area contributed by atoms with Gasteiger partial charge in [-0.2, -0.15) is 5.26 Å². The molecule has 0 fully saturated rings. The van der Waals surface area contributed by atoms with Crippen LogP contribution in [0.5, 0.6) is 5.75 Å². The molecule has 166 valence electrons. The standard InChI is InChI=1S/C27H22BrClN2O2/c1-3-8-21-13-20(15-23(28)26(21)33-17-19-9-5-4-6-10-19)14-22(16-30)27(32)31-25-12-7-11-24(29)18(25)2/h3-7,9-15H,1,8,17H2,2H3,(H,31,32)/b22-14-. The van der Waals surface area contributed by atoms with Crippen molar-refractivity contribution >= 4 is 45.2 Å². The number of benzene rings is 3. The third-order valence-corrected chi connectivity index (χ3v) is 5.92. The number of ether oxygens (including phenoxy) is 1. The van der Waals surface area contributed by atoms with Crippen molar-refractivity contribution in [2.45, 2.75) is 20.0 Å². The molecule has 3 aromatic rings. The first-order valence-electron chi connectivity index (χ1n) is 10.2. The lowest BCUT2D eigenvalue weighted by Crippen LogP contribution is -2.14. The van der Waals surface area contributed by atoms with Gasteiger partial charge in [0.25, 0.3) is 5.91 Å². The third kappa shape index (κ3) is 6.35. The van der Waals surface area contributed by atoms with Crippen LogP contribution >= 0.6 is 27.5 Å². The number of nitrogens with one attached hydrogen (secondary N) is 1. The number of hydrogen-bond donors (Lipinski definition) is 1. The lowest BCUT2D eigenvalue weighted by Gasteiger charge is -2.14. The van der Waals surface area contributed by atoms with Gasteiger partial charge in [-0.25, -0.2) is 0 Å². The normalized spacial score (nSPS) is 10.9. The van der Waals surface area contributed by atoms with Crippen LogP contribution in [0.2, 0.25) is 5.02 Å². The number of carbonyl (C=O) groups is 1. The number of allylic oxidation sites excluding steroid dienone is 1. The maximum Gasteiger partial charge on any atom is 0.266 e. The van der Waals surface area contributed by atoms with Crippen molar-refractivity contribution < 1.29 is 9.53 Å². The van der Waals surface area contributed by atoms with Gasteiger partial charge in [0.1, 0.15) is 24.0 Å². The van der Waals surface area contributed by atoms with Gasteiger partial charge < -0.3 is 10.1 Å². The summed E-state index contributed by atoms with van der Waals surface area (Å²) in [4.78, 5) is 12.7. The molecular weight excluding hydrogens is 500 g/mol. The van der Waals surface area contributed by atoms with Gasteiger partial charge >= 0.3 is 0 Å². The Labute approximate surface area is 207 Å². The summed E-state index contributed by atoms with van der Waals surface area (Å²) < 4.78 is 6.80. The summed E-state index contributed by atoms with van der Waals surface area (Å²) in [6, 6.07) is 20.8. The lowest BCUT2D eigenvalue weighted by molar-refractivity contribution is -0.112. The minimum Gasteiger partial charge on any atom is -0.487 e. The zero-order chi connectivity index (χ0) is 23.8. The molecule has 0 heterocycles. The molecule has 1 amide bonds. The van der Waals surface area contributed by atoms with Crippen LogP contribution in [0.1, 0.15) is 22.3 Å². The Kier molecular flexibility index (Phi) is 8.48. The number of nitrogens with zero attached hydrogens (tertiary/aromatic N) is 1. The first-order chi connectivity index (χ1) is 15.9. The number of anilines is 1. The number of hydrogen-bond acceptors (Lipinski definition) is 3. The summed E-state index contributed by atoms with van der Waals surface area (Å²) in [6.45, 7) is 6.06. The van der Waals surface area contributed by atoms with Crippen molar-refractivity contribution in [3.63, 3.8) is 0 Å². The second-order valence-corrected chi connectivity index (χ2v) is 8.56. The van der Waals surface area contributed by atoms with Gasteiger partial charge in [0.15, 0.2) is 0 Å². The van der Waals surface area contributed by atoms with Crippen LogP contribution in [0.3, 0.4) is 0 Å². The monoisotopic (exact) mass is 520 g/mol. The predicted octanol–water partition coefficient (Wildman–Crippen LogP) is 7.26. The molecule has 0 saturated carbocycles. The molecule has 4 nitrogen and oxygen atoms in total. The van der Waals surface area contributed by atoms with E-state index in [0.717, 1.165) is 21.2 Å². The van der Waals surface area contributed by atoms with E-state index in [9.17, 15) is 10.1 Å². The van der Waals surface area contributed by atoms with Gasteiger partial charge in [-0.05, 0) is 81.9 Å². The molecule has 0 aromatic heterocycles. The van der Waals surface area contributed by atoms with Crippen LogP contribution in [-0.4, -0.2) is 5.91 Å². The fourth-order valence-corrected chi connectivity index (χ4v) is 4.01. The second kappa shape index (κ2) is 11.5. The highest BCUT2D eigenvalue weighted by Gasteiger charge is 2.14. The molecule has 0 aliphatic heterocycles. The van der Waals surface area contributed by atoms with Crippen molar-refractivity contribution in [1.82, 2.24) is 0 Å². The second-order valence-electron chi connectivity index (χ2n) is 7.29. The van der Waals surface area contributed by atoms with Gasteiger partial charge in [0, 0.05) is 10.7 Å². The SMILES string of the molecule is C=CCc1cc(/C=C(/C#N)C(=O)Nc2cccc(Cl)c2C)cc(Br)c1OCc1ccccc1. The molecule has 3 rings (SSSR count). The maximum absolute atomic E-state index is 12.7. The van der Waals surface area contributed by atoms with Gasteiger partial charge in [0.2, 0.25) is 0 Å². The zero-order valence-electron chi connectivity index (χ0n) is 18.1. The molecule has 1 N–H and O–H groups in total. The average Bonchev–Trinajstić information content (AvgIpc) is 2.80. The topological polar surface area (TPSA) is 62.1 Å². The summed E-state index contributed by atoms with van der Waals surface area (Å²) in [5, 5.41) is 12.9. The van der Waals surface area contributed by atoms with Crippen molar-refractivity contribution in [1.29, 1.82) is 5.26 Å². The Hall–Kier alpha value is -3.33. The number of carbonyl (C=O) groups excluding carboxylic acids is 1. The number of halogens is 2. The Bertz CT molecular complexity index is 1250. The van der Waals surface area contributed by atoms with Gasteiger partial charge in [-0.3, -0.25) is 4.79 Å². The molecule has 0 spiro atoms. The summed E-state index contributed by atoms with van der Waals surface area (Å²) in [7, 11) is 0. The molecule has 0 atom stereocenters. The fourth-order valence-electron chi connectivity index (χ4n) is 3.20. The van der Waals surface area contributed by atoms with Crippen LogP contribution in [0, 0.1) is 18.3 Å². The van der Waals surface area contributed by atoms with Crippen LogP contribution in [0.4, 0.5) is 5.69 Å². The van der Waals surface area contributed by atoms with Crippen molar-refractivity contribution in [3.05, 3.63) is 111 Å². The van der Waals surface area contributed by atoms with Crippen LogP contribution in [0.15, 0.2) is 83.4 Å². The van der Waals surface area contributed by atoms with Gasteiger partial charge in [0.05, 0.1) is 4.47 Å². The maximum atomic E-state index is 12.7. The summed E-state index contributed by atoms with van der Waals surface area (Å²) in [5.74, 6) is 0.196. The Morgan fingerprint density at radius 1 is 1.21 bits per heavy atom. The van der Waals surface area contributed by atoms with E-state index in [1.165, 1.54) is 0 Å². The summed E-state index contributed by atoms with van der Waals surface area (Å²) in [5.41, 5.74) is 3.92. The highest BCUT2D eigenvalue weighted by Crippen LogP contribution is 2.33. The van der Waals surface area contributed by atoms with E-state index >= 15 is 0 Å². The molecule has 6 heteroatoms. The third-order valence-electron chi connectivity index (χ3n) is 4.93. The van der Waals surface area contributed by atoms with E-state index < -0.39 is 5.91 Å². The van der Waals surface area contributed by atoms with Crippen molar-refractivity contribution in [3.8, 4) is 11.8 Å². The molecule has 33 heavy (non-hydrogen) atoms. The molecule has 0 bridgehead atoms. The van der Waals surface area contributed by atoms with E-state index in [1.54, 1.807) is 37.3 Å². The minimum absolute atomic E-state index is 0.0243. The van der Waals surface area contributed by atoms with Crippen LogP contribution in [-0.2, 0) is 17.8 Å². The average molecular weight is 522 g/mol. The number of rotatable bonds is 8. The Morgan fingerprint density at radius 2 is 1.97 bits per heavy atom. The predicted molar refractivity (Wildman–Crippen MR) is 137 cm³/mol. The molecule has 0 saturated heterocycles. The van der Waals surface area contributed by atoms with E-state index in [4.69, 9.17) is 16.3 Å². The Morgan fingerprint density at radius 3 is 2.67 bits per heavy atom. The Balaban J connectivity index is 1.87. The minimum atomic E-state index is -0.506. The van der Waals surface area contributed by atoms with Gasteiger partial charge in [-0.15, -0.1) is 6.58 Å². The van der Waals surface area contributed by atoms with Crippen molar-refractivity contribution in [2.75, 3.05) is 5.32 Å². The van der Waals surface area contributed by atoms with Crippen LogP contribution < -0.4 is 10.1 Å². The van der Waals surface area contributed by atoms with E-state index in [0.29, 0.717) is 35.1 Å². The van der Waals surface area contributed by atoms with E-state index in [1.807, 2.05) is 48.5 Å². The van der Waals surface area contributed by atoms with E-state index in [2.05, 4.69) is 27.8 Å². The highest BCUT2D eigenvalue weighted by atomic mass is 79.9. The lowest BCUT2D eigenvalue weighted by atomic mass is 10.0. The quantitative estimate of drug-likeness (QED) is 0.193. The first kappa shape index (κ1) is 24.3. The van der Waals surface area contributed by atoms with Gasteiger partial charge in [-0.1, -0.05) is 54.1 Å². The molecule has 0 aliphatic carbocycles. The molecule has 3 aromatic carbocycles. The van der Waals surface area contributed by atoms with Crippen LogP contribution in [0.25, 0.3) is 6.08 Å². The molecular formula is C27H22BrClN2O2. The van der Waals surface area contributed by atoms with Crippen molar-refractivity contribution in [2.24, 2.45) is 0 Å². The highest BCUT2D eigenvalue weighted by molar-refractivity contribution is 9.10. The van der Waals surface area contributed by atoms with E-state index in [-0.39, 0.29) is 5.57 Å². The number of nitriles is 1. The molecule has 0 radical (unpaired) electrons. The number of amides is 1.